The maximum absolute atomic E-state index is 6.15. The van der Waals surface area contributed by atoms with Gasteiger partial charge in [0.2, 0.25) is 5.95 Å². The predicted molar refractivity (Wildman–Crippen MR) is 101 cm³/mol. The number of hydrogen-bond donors (Lipinski definition) is 2. The molecule has 0 amide bonds. The lowest BCUT2D eigenvalue weighted by Crippen LogP contribution is -2.16. The van der Waals surface area contributed by atoms with E-state index in [1.807, 2.05) is 19.9 Å². The number of benzene rings is 1. The first-order chi connectivity index (χ1) is 11.2. The molecule has 0 aliphatic heterocycles. The highest BCUT2D eigenvalue weighted by atomic mass is 79.9. The van der Waals surface area contributed by atoms with E-state index < -0.39 is 5.41 Å². The Balaban J connectivity index is 2.51. The Kier molecular flexibility index (Phi) is 5.26. The second-order valence-corrected chi connectivity index (χ2v) is 7.03. The number of aryl methyl sites for hydroxylation is 1. The molecule has 126 valence electrons. The number of aromatic nitrogens is 2. The lowest BCUT2D eigenvalue weighted by Gasteiger charge is -2.21. The molecule has 0 atom stereocenters. The summed E-state index contributed by atoms with van der Waals surface area (Å²) in [5, 5.41) is 0.531. The van der Waals surface area contributed by atoms with Crippen molar-refractivity contribution in [2.75, 3.05) is 18.6 Å². The van der Waals surface area contributed by atoms with Crippen LogP contribution < -0.4 is 16.2 Å². The van der Waals surface area contributed by atoms with Crippen molar-refractivity contribution in [3.63, 3.8) is 0 Å². The van der Waals surface area contributed by atoms with Gasteiger partial charge in [0.15, 0.2) is 0 Å². The minimum Gasteiger partial charge on any atom is -0.495 e. The highest BCUT2D eigenvalue weighted by molar-refractivity contribution is 9.10. The summed E-state index contributed by atoms with van der Waals surface area (Å²) in [5.41, 5.74) is 13.2. The molecule has 0 aliphatic carbocycles. The molecule has 0 saturated heterocycles. The summed E-state index contributed by atoms with van der Waals surface area (Å²) in [4.78, 5) is 8.06. The van der Waals surface area contributed by atoms with Gasteiger partial charge < -0.3 is 16.2 Å². The summed E-state index contributed by atoms with van der Waals surface area (Å²) in [6, 6.07) is 3.67. The third-order valence-corrected chi connectivity index (χ3v) is 4.50. The summed E-state index contributed by atoms with van der Waals surface area (Å²) in [5.74, 6) is 7.31. The van der Waals surface area contributed by atoms with Gasteiger partial charge in [0.25, 0.3) is 0 Å². The van der Waals surface area contributed by atoms with E-state index in [2.05, 4.69) is 37.7 Å². The summed E-state index contributed by atoms with van der Waals surface area (Å²) in [7, 11) is 1.58. The van der Waals surface area contributed by atoms with Gasteiger partial charge in [-0.15, -0.1) is 0 Å². The third-order valence-electron chi connectivity index (χ3n) is 3.55. The number of halogens is 2. The zero-order chi connectivity index (χ0) is 18.1. The van der Waals surface area contributed by atoms with Crippen molar-refractivity contribution in [1.29, 1.82) is 0 Å². The molecule has 1 heterocycles. The maximum Gasteiger partial charge on any atom is 0.222 e. The van der Waals surface area contributed by atoms with E-state index in [0.717, 1.165) is 10.0 Å². The minimum absolute atomic E-state index is 0.139. The van der Waals surface area contributed by atoms with Crippen LogP contribution in [-0.4, -0.2) is 17.1 Å². The van der Waals surface area contributed by atoms with Gasteiger partial charge in [-0.1, -0.05) is 39.4 Å². The topological polar surface area (TPSA) is 87.0 Å². The number of rotatable bonds is 2. The summed E-state index contributed by atoms with van der Waals surface area (Å²) in [6.45, 7) is 5.79. The molecule has 5 nitrogen and oxygen atoms in total. The highest BCUT2D eigenvalue weighted by Gasteiger charge is 2.23. The number of nitrogens with two attached hydrogens (primary N) is 2. The first-order valence-corrected chi connectivity index (χ1v) is 8.29. The van der Waals surface area contributed by atoms with Crippen molar-refractivity contribution in [3.05, 3.63) is 38.4 Å². The van der Waals surface area contributed by atoms with Crippen LogP contribution in [0.3, 0.4) is 0 Å². The Morgan fingerprint density at radius 1 is 1.25 bits per heavy atom. The van der Waals surface area contributed by atoms with Crippen LogP contribution in [0.25, 0.3) is 0 Å². The molecule has 2 rings (SSSR count). The van der Waals surface area contributed by atoms with Crippen LogP contribution in [-0.2, 0) is 5.41 Å². The van der Waals surface area contributed by atoms with Gasteiger partial charge in [-0.2, -0.15) is 4.98 Å². The fourth-order valence-corrected chi connectivity index (χ4v) is 3.43. The molecule has 1 aromatic heterocycles. The molecule has 24 heavy (non-hydrogen) atoms. The van der Waals surface area contributed by atoms with Crippen molar-refractivity contribution >= 4 is 39.3 Å². The number of methoxy groups -OCH3 is 1. The summed E-state index contributed by atoms with van der Waals surface area (Å²) >= 11 is 9.68. The lowest BCUT2D eigenvalue weighted by atomic mass is 9.85. The predicted octanol–water partition coefficient (Wildman–Crippen LogP) is 3.70. The Bertz CT molecular complexity index is 833. The molecule has 1 aromatic carbocycles. The maximum atomic E-state index is 6.15. The average Bonchev–Trinajstić information content (AvgIpc) is 2.45. The second-order valence-electron chi connectivity index (χ2n) is 5.77. The van der Waals surface area contributed by atoms with Crippen LogP contribution in [0.5, 0.6) is 5.75 Å². The van der Waals surface area contributed by atoms with E-state index in [-0.39, 0.29) is 11.8 Å². The number of nitrogens with zero attached hydrogens (tertiary/aromatic N) is 2. The fraction of sp³-hybridized carbons (Fsp3) is 0.294. The van der Waals surface area contributed by atoms with Crippen molar-refractivity contribution in [3.8, 4) is 17.6 Å². The number of nitrogen functional groups attached to an aromatic ring is 2. The van der Waals surface area contributed by atoms with Gasteiger partial charge >= 0.3 is 0 Å². The molecule has 0 spiro atoms. The zero-order valence-electron chi connectivity index (χ0n) is 13.9. The Morgan fingerprint density at radius 2 is 1.92 bits per heavy atom. The van der Waals surface area contributed by atoms with Crippen molar-refractivity contribution in [1.82, 2.24) is 9.97 Å². The number of hydrogen-bond acceptors (Lipinski definition) is 5. The zero-order valence-corrected chi connectivity index (χ0v) is 16.2. The molecule has 0 aliphatic rings. The van der Waals surface area contributed by atoms with Crippen LogP contribution in [0.15, 0.2) is 16.6 Å². The molecule has 0 unspecified atom stereocenters. The van der Waals surface area contributed by atoms with Gasteiger partial charge in [0.1, 0.15) is 11.6 Å². The highest BCUT2D eigenvalue weighted by Crippen LogP contribution is 2.37. The van der Waals surface area contributed by atoms with E-state index >= 15 is 0 Å². The minimum atomic E-state index is -0.489. The largest absolute Gasteiger partial charge is 0.495 e. The van der Waals surface area contributed by atoms with Crippen molar-refractivity contribution < 1.29 is 4.74 Å². The Morgan fingerprint density at radius 3 is 2.50 bits per heavy atom. The van der Waals surface area contributed by atoms with Gasteiger partial charge in [-0.3, -0.25) is 0 Å². The van der Waals surface area contributed by atoms with Crippen LogP contribution in [0.1, 0.15) is 30.7 Å². The Hall–Kier alpha value is -1.97. The van der Waals surface area contributed by atoms with E-state index in [4.69, 9.17) is 27.8 Å². The fourth-order valence-electron chi connectivity index (χ4n) is 2.22. The molecular formula is C17H18BrClN4O. The second kappa shape index (κ2) is 6.88. The van der Waals surface area contributed by atoms with E-state index in [1.165, 1.54) is 0 Å². The number of ether oxygens (including phenoxy) is 1. The molecule has 4 N–H and O–H groups in total. The standard InChI is InChI=1S/C17H18BrClN4O/c1-9-10(15(20)23-16(21)22-9)5-6-17(2,3)11-7-14(24-4)13(19)8-12(11)18/h7-8H,1-4H3,(H4,20,21,22,23). The van der Waals surface area contributed by atoms with E-state index in [1.54, 1.807) is 20.1 Å². The van der Waals surface area contributed by atoms with Gasteiger partial charge in [0.05, 0.1) is 28.8 Å². The van der Waals surface area contributed by atoms with Gasteiger partial charge in [0, 0.05) is 4.47 Å². The van der Waals surface area contributed by atoms with Crippen molar-refractivity contribution in [2.24, 2.45) is 0 Å². The smallest absolute Gasteiger partial charge is 0.222 e. The first kappa shape index (κ1) is 18.4. The van der Waals surface area contributed by atoms with E-state index in [0.29, 0.717) is 22.0 Å². The lowest BCUT2D eigenvalue weighted by molar-refractivity contribution is 0.413. The SMILES string of the molecule is COc1cc(C(C)(C)C#Cc2c(C)nc(N)nc2N)c(Br)cc1Cl. The van der Waals surface area contributed by atoms with Gasteiger partial charge in [-0.25, -0.2) is 4.98 Å². The Labute approximate surface area is 154 Å². The molecular weight excluding hydrogens is 392 g/mol. The van der Waals surface area contributed by atoms with Crippen LogP contribution in [0.2, 0.25) is 5.02 Å². The van der Waals surface area contributed by atoms with Crippen LogP contribution >= 0.6 is 27.5 Å². The molecule has 0 radical (unpaired) electrons. The van der Waals surface area contributed by atoms with E-state index in [9.17, 15) is 0 Å². The van der Waals surface area contributed by atoms with Crippen LogP contribution in [0.4, 0.5) is 11.8 Å². The van der Waals surface area contributed by atoms with Gasteiger partial charge in [-0.05, 0) is 38.5 Å². The summed E-state index contributed by atoms with van der Waals surface area (Å²) in [6.07, 6.45) is 0. The molecule has 2 aromatic rings. The monoisotopic (exact) mass is 408 g/mol. The molecule has 0 fully saturated rings. The summed E-state index contributed by atoms with van der Waals surface area (Å²) < 4.78 is 6.15. The number of anilines is 2. The quantitative estimate of drug-likeness (QED) is 0.738. The van der Waals surface area contributed by atoms with Crippen molar-refractivity contribution in [2.45, 2.75) is 26.2 Å². The molecule has 7 heteroatoms. The average molecular weight is 410 g/mol. The third kappa shape index (κ3) is 3.74. The first-order valence-electron chi connectivity index (χ1n) is 7.12. The molecule has 0 saturated carbocycles. The molecule has 0 bridgehead atoms. The van der Waals surface area contributed by atoms with Crippen LogP contribution in [0, 0.1) is 18.8 Å². The normalized spacial score (nSPS) is 10.9.